The zero-order chi connectivity index (χ0) is 8.55. The summed E-state index contributed by atoms with van der Waals surface area (Å²) in [6.45, 7) is 0. The number of aromatic nitrogens is 2. The minimum absolute atomic E-state index is 0.237. The zero-order valence-corrected chi connectivity index (χ0v) is 6.13. The van der Waals surface area contributed by atoms with Crippen molar-refractivity contribution in [2.24, 2.45) is 0 Å². The van der Waals surface area contributed by atoms with Crippen LogP contribution in [-0.4, -0.2) is 9.97 Å². The van der Waals surface area contributed by atoms with Crippen LogP contribution in [0.1, 0.15) is 0 Å². The van der Waals surface area contributed by atoms with Crippen molar-refractivity contribution < 1.29 is 0 Å². The monoisotopic (exact) mass is 162 g/mol. The molecule has 0 amide bonds. The second-order valence-electron chi connectivity index (χ2n) is 2.47. The summed E-state index contributed by atoms with van der Waals surface area (Å²) in [5.41, 5.74) is -0.502. The van der Waals surface area contributed by atoms with Crippen molar-refractivity contribution in [1.82, 2.24) is 9.97 Å². The Bertz CT molecular complexity index is 524. The van der Waals surface area contributed by atoms with Crippen LogP contribution in [-0.2, 0) is 0 Å². The molecule has 2 heterocycles. The third-order valence-electron chi connectivity index (χ3n) is 1.68. The maximum Gasteiger partial charge on any atom is 0.256 e. The van der Waals surface area contributed by atoms with E-state index in [0.717, 1.165) is 5.39 Å². The molecule has 2 N–H and O–H groups in total. The predicted molar refractivity (Wildman–Crippen MR) is 45.2 cm³/mol. The Balaban J connectivity index is 3.08. The molecule has 0 spiro atoms. The van der Waals surface area contributed by atoms with Crippen LogP contribution >= 0.6 is 0 Å². The van der Waals surface area contributed by atoms with Gasteiger partial charge in [-0.1, -0.05) is 0 Å². The minimum Gasteiger partial charge on any atom is -0.329 e. The van der Waals surface area contributed by atoms with E-state index < -0.39 is 0 Å². The highest BCUT2D eigenvalue weighted by atomic mass is 16.1. The molecule has 0 unspecified atom stereocenters. The standard InChI is InChI=1S/C8H6N2O2/c11-7-3-6-5(4-10-7)1-2-9-8(6)12/h1-4H,(H,9,12)(H,10,11). The molecule has 0 fully saturated rings. The molecule has 0 radical (unpaired) electrons. The van der Waals surface area contributed by atoms with Crippen LogP contribution in [0.15, 0.2) is 34.1 Å². The van der Waals surface area contributed by atoms with E-state index in [0.29, 0.717) is 5.39 Å². The topological polar surface area (TPSA) is 65.7 Å². The number of H-pyrrole nitrogens is 2. The summed E-state index contributed by atoms with van der Waals surface area (Å²) in [5.74, 6) is 0. The summed E-state index contributed by atoms with van der Waals surface area (Å²) in [6, 6.07) is 3.01. The van der Waals surface area contributed by atoms with E-state index >= 15 is 0 Å². The van der Waals surface area contributed by atoms with Crippen LogP contribution in [0.5, 0.6) is 0 Å². The molecule has 0 aliphatic rings. The Morgan fingerprint density at radius 1 is 1.17 bits per heavy atom. The predicted octanol–water partition coefficient (Wildman–Crippen LogP) is 0.216. The summed E-state index contributed by atoms with van der Waals surface area (Å²) in [5, 5.41) is 1.15. The first kappa shape index (κ1) is 6.84. The molecule has 0 atom stereocenters. The normalized spacial score (nSPS) is 10.3. The lowest BCUT2D eigenvalue weighted by atomic mass is 10.2. The van der Waals surface area contributed by atoms with E-state index in [2.05, 4.69) is 9.97 Å². The molecule has 2 aromatic heterocycles. The second-order valence-corrected chi connectivity index (χ2v) is 2.47. The molecule has 12 heavy (non-hydrogen) atoms. The molecule has 0 saturated carbocycles. The van der Waals surface area contributed by atoms with Gasteiger partial charge in [0.25, 0.3) is 5.56 Å². The van der Waals surface area contributed by atoms with Crippen molar-refractivity contribution in [3.63, 3.8) is 0 Å². The Morgan fingerprint density at radius 2 is 2.00 bits per heavy atom. The van der Waals surface area contributed by atoms with Gasteiger partial charge in [0.2, 0.25) is 5.56 Å². The van der Waals surface area contributed by atoms with Gasteiger partial charge in [-0.25, -0.2) is 0 Å². The highest BCUT2D eigenvalue weighted by molar-refractivity contribution is 5.79. The van der Waals surface area contributed by atoms with Gasteiger partial charge < -0.3 is 9.97 Å². The van der Waals surface area contributed by atoms with E-state index in [9.17, 15) is 9.59 Å². The smallest absolute Gasteiger partial charge is 0.256 e. The van der Waals surface area contributed by atoms with Gasteiger partial charge in [-0.3, -0.25) is 9.59 Å². The molecule has 2 rings (SSSR count). The molecule has 0 bridgehead atoms. The molecule has 4 nitrogen and oxygen atoms in total. The maximum atomic E-state index is 11.1. The van der Waals surface area contributed by atoms with Crippen molar-refractivity contribution in [2.45, 2.75) is 0 Å². The summed E-state index contributed by atoms with van der Waals surface area (Å²) < 4.78 is 0. The number of pyridine rings is 2. The van der Waals surface area contributed by atoms with Crippen LogP contribution in [0, 0.1) is 0 Å². The Kier molecular flexibility index (Phi) is 1.33. The van der Waals surface area contributed by atoms with Crippen molar-refractivity contribution in [3.8, 4) is 0 Å². The van der Waals surface area contributed by atoms with E-state index in [1.165, 1.54) is 12.3 Å². The first-order valence-corrected chi connectivity index (χ1v) is 3.47. The SMILES string of the molecule is O=c1cc2c(=O)[nH]ccc2c[nH]1. The molecule has 60 valence electrons. The van der Waals surface area contributed by atoms with Gasteiger partial charge in [0.05, 0.1) is 5.39 Å². The Labute approximate surface area is 66.9 Å². The lowest BCUT2D eigenvalue weighted by Gasteiger charge is -1.92. The van der Waals surface area contributed by atoms with Gasteiger partial charge in [0.1, 0.15) is 0 Å². The van der Waals surface area contributed by atoms with Gasteiger partial charge >= 0.3 is 0 Å². The van der Waals surface area contributed by atoms with Crippen molar-refractivity contribution in [3.05, 3.63) is 45.2 Å². The van der Waals surface area contributed by atoms with Crippen molar-refractivity contribution in [2.75, 3.05) is 0 Å². The van der Waals surface area contributed by atoms with Crippen LogP contribution in [0.4, 0.5) is 0 Å². The number of aromatic amines is 2. The quantitative estimate of drug-likeness (QED) is 0.581. The zero-order valence-electron chi connectivity index (χ0n) is 6.13. The first-order valence-electron chi connectivity index (χ1n) is 3.47. The van der Waals surface area contributed by atoms with Crippen LogP contribution in [0.3, 0.4) is 0 Å². The van der Waals surface area contributed by atoms with Gasteiger partial charge in [-0.2, -0.15) is 0 Å². The van der Waals surface area contributed by atoms with Crippen LogP contribution < -0.4 is 11.1 Å². The number of hydrogen-bond donors (Lipinski definition) is 2. The maximum absolute atomic E-state index is 11.1. The van der Waals surface area contributed by atoms with Gasteiger partial charge in [-0.05, 0) is 6.07 Å². The average molecular weight is 162 g/mol. The molecular formula is C8H6N2O2. The number of nitrogens with one attached hydrogen (secondary N) is 2. The summed E-state index contributed by atoms with van der Waals surface area (Å²) in [7, 11) is 0. The first-order chi connectivity index (χ1) is 5.77. The molecule has 0 aromatic carbocycles. The van der Waals surface area contributed by atoms with Crippen molar-refractivity contribution >= 4 is 10.8 Å². The lowest BCUT2D eigenvalue weighted by Crippen LogP contribution is -2.10. The molecule has 0 aliphatic heterocycles. The highest BCUT2D eigenvalue weighted by Gasteiger charge is 1.96. The number of rotatable bonds is 0. The van der Waals surface area contributed by atoms with Gasteiger partial charge in [0.15, 0.2) is 0 Å². The lowest BCUT2D eigenvalue weighted by molar-refractivity contribution is 1.23. The Hall–Kier alpha value is -1.84. The fourth-order valence-electron chi connectivity index (χ4n) is 1.10. The van der Waals surface area contributed by atoms with Crippen LogP contribution in [0.25, 0.3) is 10.8 Å². The molecule has 4 heteroatoms. The molecular weight excluding hydrogens is 156 g/mol. The van der Waals surface area contributed by atoms with E-state index in [1.54, 1.807) is 12.3 Å². The third kappa shape index (κ3) is 0.934. The fourth-order valence-corrected chi connectivity index (χ4v) is 1.10. The number of fused-ring (bicyclic) bond motifs is 1. The number of hydrogen-bond acceptors (Lipinski definition) is 2. The van der Waals surface area contributed by atoms with Gasteiger partial charge in [0, 0.05) is 23.8 Å². The van der Waals surface area contributed by atoms with Gasteiger partial charge in [-0.15, -0.1) is 0 Å². The van der Waals surface area contributed by atoms with Crippen LogP contribution in [0.2, 0.25) is 0 Å². The van der Waals surface area contributed by atoms with E-state index in [4.69, 9.17) is 0 Å². The third-order valence-corrected chi connectivity index (χ3v) is 1.68. The fraction of sp³-hybridized carbons (Fsp3) is 0. The molecule has 0 aliphatic carbocycles. The summed E-state index contributed by atoms with van der Waals surface area (Å²) in [6.07, 6.45) is 3.07. The largest absolute Gasteiger partial charge is 0.329 e. The minimum atomic E-state index is -0.265. The Morgan fingerprint density at radius 3 is 2.83 bits per heavy atom. The van der Waals surface area contributed by atoms with E-state index in [-0.39, 0.29) is 11.1 Å². The molecule has 0 saturated heterocycles. The second kappa shape index (κ2) is 2.34. The summed E-state index contributed by atoms with van der Waals surface area (Å²) in [4.78, 5) is 26.9. The van der Waals surface area contributed by atoms with Crippen molar-refractivity contribution in [1.29, 1.82) is 0 Å². The van der Waals surface area contributed by atoms with E-state index in [1.807, 2.05) is 0 Å². The highest BCUT2D eigenvalue weighted by Crippen LogP contribution is 2.01. The average Bonchev–Trinajstić information content (AvgIpc) is 2.07. The summed E-state index contributed by atoms with van der Waals surface area (Å²) >= 11 is 0. The molecule has 2 aromatic rings.